The molecule has 5 rings (SSSR count). The lowest BCUT2D eigenvalue weighted by Gasteiger charge is -2.19. The summed E-state index contributed by atoms with van der Waals surface area (Å²) in [6.07, 6.45) is 5.26. The van der Waals surface area contributed by atoms with E-state index in [1.807, 2.05) is 42.9 Å². The van der Waals surface area contributed by atoms with Crippen LogP contribution in [0.5, 0.6) is 11.5 Å². The van der Waals surface area contributed by atoms with Crippen LogP contribution in [0.3, 0.4) is 0 Å². The zero-order valence-electron chi connectivity index (χ0n) is 19.9. The molecule has 0 unspecified atom stereocenters. The first kappa shape index (κ1) is 23.3. The summed E-state index contributed by atoms with van der Waals surface area (Å²) in [6.45, 7) is 2.58. The van der Waals surface area contributed by atoms with Crippen molar-refractivity contribution in [3.8, 4) is 22.6 Å². The molecule has 0 spiro atoms. The minimum atomic E-state index is -0.378. The fourth-order valence-electron chi connectivity index (χ4n) is 4.54. The summed E-state index contributed by atoms with van der Waals surface area (Å²) in [6, 6.07) is 13.9. The number of carbonyl (C=O) groups excluding carboxylic acids is 2. The molecule has 8 heteroatoms. The van der Waals surface area contributed by atoms with Gasteiger partial charge in [-0.25, -0.2) is 4.98 Å². The number of hydrogen-bond acceptors (Lipinski definition) is 6. The SMILES string of the molecule is CCN(CCO)C(=O)c1ccc(-c2ccnc3c2c(C=C2Oc4cccc(O)c4C2=O)cn3C)cc1. The lowest BCUT2D eigenvalue weighted by molar-refractivity contribution is 0.0732. The normalized spacial score (nSPS) is 13.8. The van der Waals surface area contributed by atoms with Gasteiger partial charge in [-0.3, -0.25) is 9.59 Å². The molecule has 0 fully saturated rings. The fraction of sp³-hybridized carbons (Fsp3) is 0.179. The van der Waals surface area contributed by atoms with E-state index < -0.39 is 0 Å². The highest BCUT2D eigenvalue weighted by atomic mass is 16.5. The number of aryl methyl sites for hydroxylation is 1. The van der Waals surface area contributed by atoms with Crippen LogP contribution >= 0.6 is 0 Å². The minimum absolute atomic E-state index is 0.0874. The van der Waals surface area contributed by atoms with E-state index in [0.29, 0.717) is 17.9 Å². The molecule has 2 aromatic carbocycles. The summed E-state index contributed by atoms with van der Waals surface area (Å²) in [7, 11) is 1.88. The first-order valence-electron chi connectivity index (χ1n) is 11.6. The molecule has 1 aliphatic rings. The van der Waals surface area contributed by atoms with Crippen molar-refractivity contribution < 1.29 is 24.5 Å². The Balaban J connectivity index is 1.55. The van der Waals surface area contributed by atoms with Gasteiger partial charge in [0.1, 0.15) is 22.7 Å². The number of phenols is 1. The molecule has 1 amide bonds. The summed E-state index contributed by atoms with van der Waals surface area (Å²) in [5, 5.41) is 20.2. The molecule has 8 nitrogen and oxygen atoms in total. The van der Waals surface area contributed by atoms with Crippen molar-refractivity contribution >= 4 is 28.8 Å². The number of aromatic nitrogens is 2. The number of benzene rings is 2. The zero-order valence-corrected chi connectivity index (χ0v) is 19.9. The third kappa shape index (κ3) is 3.91. The van der Waals surface area contributed by atoms with E-state index in [9.17, 15) is 19.8 Å². The number of hydrogen-bond donors (Lipinski definition) is 2. The van der Waals surface area contributed by atoms with Crippen molar-refractivity contribution in [2.24, 2.45) is 7.05 Å². The van der Waals surface area contributed by atoms with Crippen LogP contribution in [-0.4, -0.2) is 56.1 Å². The molecule has 4 aromatic rings. The Kier molecular flexibility index (Phi) is 6.03. The maximum atomic E-state index is 12.9. The molecule has 1 aliphatic heterocycles. The van der Waals surface area contributed by atoms with Crippen LogP contribution in [0, 0.1) is 0 Å². The largest absolute Gasteiger partial charge is 0.507 e. The molecule has 2 N–H and O–H groups in total. The number of fused-ring (bicyclic) bond motifs is 2. The molecule has 0 bridgehead atoms. The zero-order chi connectivity index (χ0) is 25.4. The lowest BCUT2D eigenvalue weighted by Crippen LogP contribution is -2.33. The van der Waals surface area contributed by atoms with Crippen molar-refractivity contribution in [1.29, 1.82) is 0 Å². The molecule has 3 heterocycles. The van der Waals surface area contributed by atoms with E-state index in [0.717, 1.165) is 27.7 Å². The average molecular weight is 484 g/mol. The molecule has 0 atom stereocenters. The number of Topliss-reactive ketones (excluding diaryl/α,β-unsaturated/α-hetero) is 1. The molecule has 0 saturated carbocycles. The molecule has 182 valence electrons. The predicted octanol–water partition coefficient (Wildman–Crippen LogP) is 4.02. The summed E-state index contributed by atoms with van der Waals surface area (Å²) in [5.41, 5.74) is 3.94. The van der Waals surface area contributed by atoms with Crippen LogP contribution in [0.1, 0.15) is 33.2 Å². The number of ketones is 1. The summed E-state index contributed by atoms with van der Waals surface area (Å²) < 4.78 is 7.64. The number of amides is 1. The molecule has 2 aromatic heterocycles. The van der Waals surface area contributed by atoms with E-state index >= 15 is 0 Å². The van der Waals surface area contributed by atoms with Crippen molar-refractivity contribution in [2.45, 2.75) is 6.92 Å². The molecule has 0 radical (unpaired) electrons. The molecule has 36 heavy (non-hydrogen) atoms. The maximum Gasteiger partial charge on any atom is 0.253 e. The average Bonchev–Trinajstić information content (AvgIpc) is 3.39. The summed E-state index contributed by atoms with van der Waals surface area (Å²) >= 11 is 0. The van der Waals surface area contributed by atoms with Gasteiger partial charge in [-0.15, -0.1) is 0 Å². The van der Waals surface area contributed by atoms with Crippen LogP contribution in [0.25, 0.3) is 28.2 Å². The molecular formula is C28H25N3O5. The molecule has 0 saturated heterocycles. The third-order valence-corrected chi connectivity index (χ3v) is 6.33. The van der Waals surface area contributed by atoms with E-state index in [1.165, 1.54) is 6.07 Å². The second-order valence-electron chi connectivity index (χ2n) is 8.53. The first-order valence-corrected chi connectivity index (χ1v) is 11.6. The highest BCUT2D eigenvalue weighted by Gasteiger charge is 2.30. The third-order valence-electron chi connectivity index (χ3n) is 6.33. The maximum absolute atomic E-state index is 12.9. The fourth-order valence-corrected chi connectivity index (χ4v) is 4.54. The number of ether oxygens (including phenoxy) is 1. The van der Waals surface area contributed by atoms with E-state index in [4.69, 9.17) is 4.74 Å². The van der Waals surface area contributed by atoms with Crippen molar-refractivity contribution in [3.63, 3.8) is 0 Å². The van der Waals surface area contributed by atoms with E-state index in [-0.39, 0.29) is 41.9 Å². The van der Waals surface area contributed by atoms with Crippen LogP contribution in [-0.2, 0) is 7.05 Å². The van der Waals surface area contributed by atoms with Crippen LogP contribution < -0.4 is 4.74 Å². The Labute approximate surface area is 207 Å². The molecular weight excluding hydrogens is 458 g/mol. The number of aliphatic hydroxyl groups excluding tert-OH is 1. The number of likely N-dealkylation sites (N-methyl/N-ethyl adjacent to an activating group) is 1. The van der Waals surface area contributed by atoms with E-state index in [2.05, 4.69) is 4.98 Å². The Morgan fingerprint density at radius 2 is 1.94 bits per heavy atom. The number of carbonyl (C=O) groups is 2. The number of rotatable bonds is 6. The first-order chi connectivity index (χ1) is 17.4. The standard InChI is InChI=1S/C28H25N3O5/c1-3-31(13-14-32)28(35)18-9-7-17(8-10-18)20-11-12-29-27-24(20)19(16-30(27)2)15-23-26(34)25-21(33)5-4-6-22(25)36-23/h4-12,15-16,32-33H,3,13-14H2,1-2H3. The van der Waals surface area contributed by atoms with Gasteiger partial charge in [0, 0.05) is 49.0 Å². The van der Waals surface area contributed by atoms with Gasteiger partial charge >= 0.3 is 0 Å². The Hall–Kier alpha value is -4.43. The minimum Gasteiger partial charge on any atom is -0.507 e. The molecule has 0 aliphatic carbocycles. The van der Waals surface area contributed by atoms with Crippen LogP contribution in [0.2, 0.25) is 0 Å². The van der Waals surface area contributed by atoms with Gasteiger partial charge in [0.25, 0.3) is 5.91 Å². The van der Waals surface area contributed by atoms with Crippen molar-refractivity contribution in [2.75, 3.05) is 19.7 Å². The quantitative estimate of drug-likeness (QED) is 0.402. The topological polar surface area (TPSA) is 105 Å². The summed E-state index contributed by atoms with van der Waals surface area (Å²) in [5.74, 6) is -0.179. The number of phenolic OH excluding ortho intramolecular Hbond substituents is 1. The summed E-state index contributed by atoms with van der Waals surface area (Å²) in [4.78, 5) is 31.8. The number of nitrogens with zero attached hydrogens (tertiary/aromatic N) is 3. The van der Waals surface area contributed by atoms with Gasteiger partial charge in [-0.05, 0) is 54.5 Å². The lowest BCUT2D eigenvalue weighted by atomic mass is 9.99. The number of aromatic hydroxyl groups is 1. The van der Waals surface area contributed by atoms with Crippen LogP contribution in [0.15, 0.2) is 66.7 Å². The second-order valence-corrected chi connectivity index (χ2v) is 8.53. The van der Waals surface area contributed by atoms with Gasteiger partial charge in [0.05, 0.1) is 6.61 Å². The Bertz CT molecular complexity index is 1520. The van der Waals surface area contributed by atoms with Crippen molar-refractivity contribution in [3.05, 3.63) is 83.4 Å². The van der Waals surface area contributed by atoms with Gasteiger partial charge in [-0.1, -0.05) is 18.2 Å². The van der Waals surface area contributed by atoms with Crippen molar-refractivity contribution in [1.82, 2.24) is 14.5 Å². The van der Waals surface area contributed by atoms with Gasteiger partial charge in [0.2, 0.25) is 5.78 Å². The van der Waals surface area contributed by atoms with Gasteiger partial charge in [0.15, 0.2) is 5.76 Å². The Morgan fingerprint density at radius 1 is 1.17 bits per heavy atom. The van der Waals surface area contributed by atoms with Gasteiger partial charge < -0.3 is 24.4 Å². The van der Waals surface area contributed by atoms with Crippen LogP contribution in [0.4, 0.5) is 0 Å². The smallest absolute Gasteiger partial charge is 0.253 e. The monoisotopic (exact) mass is 483 g/mol. The highest BCUT2D eigenvalue weighted by Crippen LogP contribution is 2.39. The van der Waals surface area contributed by atoms with E-state index in [1.54, 1.807) is 41.4 Å². The highest BCUT2D eigenvalue weighted by molar-refractivity contribution is 6.17. The number of pyridine rings is 1. The second kappa shape index (κ2) is 9.31. The number of allylic oxidation sites excluding steroid dienone is 1. The predicted molar refractivity (Wildman–Crippen MR) is 136 cm³/mol. The Morgan fingerprint density at radius 3 is 2.64 bits per heavy atom. The number of aliphatic hydroxyl groups is 1. The van der Waals surface area contributed by atoms with Gasteiger partial charge in [-0.2, -0.15) is 0 Å².